The maximum atomic E-state index is 13.7. The third kappa shape index (κ3) is 3.60. The van der Waals surface area contributed by atoms with Crippen molar-refractivity contribution >= 4 is 34.8 Å². The number of benzene rings is 1. The second kappa shape index (κ2) is 6.91. The van der Waals surface area contributed by atoms with E-state index in [1.807, 2.05) is 6.07 Å². The summed E-state index contributed by atoms with van der Waals surface area (Å²) >= 11 is 7.09. The largest absolute Gasteiger partial charge is 0.279 e. The highest BCUT2D eigenvalue weighted by Gasteiger charge is 2.21. The van der Waals surface area contributed by atoms with Crippen LogP contribution in [0.25, 0.3) is 0 Å². The topological polar surface area (TPSA) is 58.2 Å². The summed E-state index contributed by atoms with van der Waals surface area (Å²) in [5.41, 5.74) is 5.59. The number of thiophene rings is 1. The zero-order chi connectivity index (χ0) is 17.3. The van der Waals surface area contributed by atoms with Gasteiger partial charge < -0.3 is 0 Å². The predicted octanol–water partition coefficient (Wildman–Crippen LogP) is 3.74. The molecule has 1 aromatic heterocycles. The van der Waals surface area contributed by atoms with Crippen molar-refractivity contribution in [3.63, 3.8) is 0 Å². The highest BCUT2D eigenvalue weighted by molar-refractivity contribution is 7.14. The van der Waals surface area contributed by atoms with Crippen LogP contribution in [0.15, 0.2) is 24.3 Å². The van der Waals surface area contributed by atoms with Crippen LogP contribution in [0.3, 0.4) is 0 Å². The molecule has 0 aliphatic heterocycles. The molecule has 1 aliphatic carbocycles. The van der Waals surface area contributed by atoms with Gasteiger partial charge in [-0.15, -0.1) is 11.3 Å². The quantitative estimate of drug-likeness (QED) is 0.795. The molecule has 1 atom stereocenters. The molecule has 1 aliphatic rings. The van der Waals surface area contributed by atoms with Crippen LogP contribution in [-0.2, 0) is 12.8 Å². The molecule has 0 radical (unpaired) electrons. The molecule has 0 unspecified atom stereocenters. The summed E-state index contributed by atoms with van der Waals surface area (Å²) in [6.45, 7) is 2.20. The Labute approximate surface area is 148 Å². The van der Waals surface area contributed by atoms with E-state index < -0.39 is 17.6 Å². The average Bonchev–Trinajstić information content (AvgIpc) is 2.95. The van der Waals surface area contributed by atoms with Gasteiger partial charge in [0.1, 0.15) is 5.82 Å². The van der Waals surface area contributed by atoms with E-state index in [1.54, 1.807) is 0 Å². The number of carbonyl (C=O) groups is 2. The first-order valence-electron chi connectivity index (χ1n) is 7.61. The van der Waals surface area contributed by atoms with Gasteiger partial charge in [-0.2, -0.15) is 0 Å². The van der Waals surface area contributed by atoms with Gasteiger partial charge in [0.15, 0.2) is 0 Å². The molecule has 4 nitrogen and oxygen atoms in total. The van der Waals surface area contributed by atoms with Gasteiger partial charge in [0.2, 0.25) is 0 Å². The van der Waals surface area contributed by atoms with Crippen LogP contribution in [0.1, 0.15) is 43.8 Å². The van der Waals surface area contributed by atoms with Crippen LogP contribution < -0.4 is 10.9 Å². The Morgan fingerprint density at radius 2 is 2.00 bits per heavy atom. The third-order valence-corrected chi connectivity index (χ3v) is 5.49. The molecule has 1 heterocycles. The van der Waals surface area contributed by atoms with Gasteiger partial charge in [-0.3, -0.25) is 20.4 Å². The Morgan fingerprint density at radius 3 is 2.75 bits per heavy atom. The Balaban J connectivity index is 1.64. The molecule has 0 fully saturated rings. The van der Waals surface area contributed by atoms with E-state index >= 15 is 0 Å². The van der Waals surface area contributed by atoms with Crippen molar-refractivity contribution in [2.24, 2.45) is 5.92 Å². The maximum Gasteiger partial charge on any atom is 0.279 e. The third-order valence-electron chi connectivity index (χ3n) is 4.02. The number of hydrogen-bond acceptors (Lipinski definition) is 3. The second-order valence-corrected chi connectivity index (χ2v) is 7.51. The van der Waals surface area contributed by atoms with Crippen LogP contribution in [-0.4, -0.2) is 11.8 Å². The number of nitrogens with one attached hydrogen (secondary N) is 2. The van der Waals surface area contributed by atoms with Gasteiger partial charge in [0, 0.05) is 9.90 Å². The van der Waals surface area contributed by atoms with Crippen molar-refractivity contribution in [2.75, 3.05) is 0 Å². The Morgan fingerprint density at radius 1 is 1.25 bits per heavy atom. The van der Waals surface area contributed by atoms with Crippen LogP contribution in [0, 0.1) is 11.7 Å². The van der Waals surface area contributed by atoms with Gasteiger partial charge in [0.05, 0.1) is 10.4 Å². The van der Waals surface area contributed by atoms with Gasteiger partial charge >= 0.3 is 0 Å². The van der Waals surface area contributed by atoms with Crippen LogP contribution >= 0.6 is 22.9 Å². The minimum Gasteiger partial charge on any atom is -0.267 e. The van der Waals surface area contributed by atoms with Crippen LogP contribution in [0.4, 0.5) is 4.39 Å². The molecule has 3 rings (SSSR count). The van der Waals surface area contributed by atoms with E-state index in [1.165, 1.54) is 33.9 Å². The number of rotatable bonds is 2. The molecule has 2 amide bonds. The smallest absolute Gasteiger partial charge is 0.267 e. The minimum absolute atomic E-state index is 0.181. The lowest BCUT2D eigenvalue weighted by Crippen LogP contribution is -2.41. The number of halogens is 2. The number of fused-ring (bicyclic) bond motifs is 1. The summed E-state index contributed by atoms with van der Waals surface area (Å²) in [7, 11) is 0. The second-order valence-electron chi connectivity index (χ2n) is 5.94. The molecule has 0 saturated carbocycles. The lowest BCUT2D eigenvalue weighted by molar-refractivity contribution is 0.0846. The standard InChI is InChI=1S/C17H16ClFN2O2S/c1-9-2-5-14-10(6-9)7-15(24-14)17(23)21-20-16(22)12-4-3-11(18)8-13(12)19/h3-4,7-9H,2,5-6H2,1H3,(H,20,22)(H,21,23)/t9-/m0/s1. The lowest BCUT2D eigenvalue weighted by atomic mass is 9.90. The maximum absolute atomic E-state index is 13.7. The van der Waals surface area contributed by atoms with Crippen LogP contribution in [0.2, 0.25) is 5.02 Å². The monoisotopic (exact) mass is 366 g/mol. The zero-order valence-electron chi connectivity index (χ0n) is 13.0. The fourth-order valence-electron chi connectivity index (χ4n) is 2.73. The number of hydrazine groups is 1. The van der Waals surface area contributed by atoms with Crippen molar-refractivity contribution in [3.8, 4) is 0 Å². The number of carbonyl (C=O) groups excluding carboxylic acids is 2. The van der Waals surface area contributed by atoms with E-state index in [9.17, 15) is 14.0 Å². The summed E-state index contributed by atoms with van der Waals surface area (Å²) in [6, 6.07) is 5.60. The SMILES string of the molecule is C[C@H]1CCc2sc(C(=O)NNC(=O)c3ccc(Cl)cc3F)cc2C1. The van der Waals surface area contributed by atoms with Crippen molar-refractivity contribution < 1.29 is 14.0 Å². The average molecular weight is 367 g/mol. The van der Waals surface area contributed by atoms with Crippen molar-refractivity contribution in [1.82, 2.24) is 10.9 Å². The summed E-state index contributed by atoms with van der Waals surface area (Å²) in [5, 5.41) is 0.200. The van der Waals surface area contributed by atoms with Gasteiger partial charge in [-0.1, -0.05) is 18.5 Å². The fraction of sp³-hybridized carbons (Fsp3) is 0.294. The number of aryl methyl sites for hydroxylation is 1. The molecule has 1 aromatic carbocycles. The van der Waals surface area contributed by atoms with Crippen LogP contribution in [0.5, 0.6) is 0 Å². The Kier molecular flexibility index (Phi) is 4.87. The molecule has 0 spiro atoms. The van der Waals surface area contributed by atoms with Crippen molar-refractivity contribution in [2.45, 2.75) is 26.2 Å². The van der Waals surface area contributed by atoms with E-state index in [-0.39, 0.29) is 10.6 Å². The Bertz CT molecular complexity index is 806. The predicted molar refractivity (Wildman–Crippen MR) is 91.9 cm³/mol. The molecule has 2 N–H and O–H groups in total. The first-order chi connectivity index (χ1) is 11.4. The van der Waals surface area contributed by atoms with Crippen molar-refractivity contribution in [1.29, 1.82) is 0 Å². The van der Waals surface area contributed by atoms with E-state index in [0.29, 0.717) is 10.8 Å². The molecule has 126 valence electrons. The first kappa shape index (κ1) is 16.9. The summed E-state index contributed by atoms with van der Waals surface area (Å²) in [6.07, 6.45) is 3.08. The van der Waals surface area contributed by atoms with E-state index in [2.05, 4.69) is 17.8 Å². The van der Waals surface area contributed by atoms with Gasteiger partial charge in [-0.25, -0.2) is 4.39 Å². The van der Waals surface area contributed by atoms with Gasteiger partial charge in [0.25, 0.3) is 11.8 Å². The molecule has 2 aromatic rings. The molecule has 0 saturated heterocycles. The number of amides is 2. The summed E-state index contributed by atoms with van der Waals surface area (Å²) in [5.74, 6) is -1.25. The molecule has 0 bridgehead atoms. The van der Waals surface area contributed by atoms with E-state index in [0.717, 1.165) is 25.3 Å². The first-order valence-corrected chi connectivity index (χ1v) is 8.81. The minimum atomic E-state index is -0.741. The van der Waals surface area contributed by atoms with Crippen molar-refractivity contribution in [3.05, 3.63) is 56.0 Å². The molecular weight excluding hydrogens is 351 g/mol. The fourth-order valence-corrected chi connectivity index (χ4v) is 4.00. The highest BCUT2D eigenvalue weighted by atomic mass is 35.5. The zero-order valence-corrected chi connectivity index (χ0v) is 14.6. The highest BCUT2D eigenvalue weighted by Crippen LogP contribution is 2.32. The van der Waals surface area contributed by atoms with Gasteiger partial charge in [-0.05, 0) is 55.0 Å². The number of hydrogen-bond donors (Lipinski definition) is 2. The summed E-state index contributed by atoms with van der Waals surface area (Å²) in [4.78, 5) is 25.9. The molecule has 7 heteroatoms. The van der Waals surface area contributed by atoms with E-state index in [4.69, 9.17) is 11.6 Å². The lowest BCUT2D eigenvalue weighted by Gasteiger charge is -2.16. The normalized spacial score (nSPS) is 16.4. The summed E-state index contributed by atoms with van der Waals surface area (Å²) < 4.78 is 13.7. The molecule has 24 heavy (non-hydrogen) atoms. The molecular formula is C17H16ClFN2O2S. The Hall–Kier alpha value is -1.92.